The number of unbranched alkanes of at least 4 members (excludes halogenated alkanes) is 11. The van der Waals surface area contributed by atoms with Crippen LogP contribution < -0.4 is 0 Å². The van der Waals surface area contributed by atoms with Gasteiger partial charge in [0.05, 0.1) is 51.4 Å². The van der Waals surface area contributed by atoms with Gasteiger partial charge in [0.1, 0.15) is 0 Å². The molecule has 0 aromatic carbocycles. The molecule has 0 bridgehead atoms. The van der Waals surface area contributed by atoms with E-state index in [0.29, 0.717) is 54.3 Å². The number of rotatable bonds is 28. The van der Waals surface area contributed by atoms with Crippen LogP contribution in [0.5, 0.6) is 0 Å². The summed E-state index contributed by atoms with van der Waals surface area (Å²) in [5, 5.41) is 0. The zero-order valence-corrected chi connectivity index (χ0v) is 82.9. The van der Waals surface area contributed by atoms with E-state index in [1.54, 1.807) is 27.7 Å². The molecule has 0 aliphatic heterocycles. The van der Waals surface area contributed by atoms with Gasteiger partial charge in [0, 0.05) is 0 Å². The molecule has 0 radical (unpaired) electrons. The maximum atomic E-state index is 12.5. The SMILES string of the molecule is CC(C)(C)CCCCCF.CC(C)CC(C)F.CC(C)CCCCCF.CC(F)CC(C)C(C)(C)C.CC(F)CC(C)C(C)C.CCC(C)CC(C)F.CCCCCCCF.CCCCCCF.[CH3-].[CH3-].[CH3-].[CH3-].[CH3-].[CH3-].[CH3-].[CH3-].[CH3-].[CH3-].[CH3-].[CH3-].[CH3-].[CH3-].[CH3-].[CH3-].[Ru+2].[Ru+2].[Ru+2].[Ru+2].[Ru+2].[Ru+2].[Ru+2].[Ru+2]. The minimum Gasteiger partial charge on any atom is -0.358 e. The molecule has 0 aliphatic rings. The first-order chi connectivity index (χ1) is 31.3. The van der Waals surface area contributed by atoms with Gasteiger partial charge in [-0.25, -0.2) is 17.6 Å². The van der Waals surface area contributed by atoms with Crippen molar-refractivity contribution in [3.8, 4) is 0 Å². The summed E-state index contributed by atoms with van der Waals surface area (Å²) in [5.74, 6) is 3.43. The smallest absolute Gasteiger partial charge is 0.358 e. The van der Waals surface area contributed by atoms with E-state index in [2.05, 4.69) is 111 Å². The Hall–Kier alpha value is 4.43. The van der Waals surface area contributed by atoms with Crippen molar-refractivity contribution in [1.29, 1.82) is 0 Å². The molecule has 92 heavy (non-hydrogen) atoms. The van der Waals surface area contributed by atoms with Crippen LogP contribution in [0.4, 0.5) is 35.1 Å². The third-order valence-electron chi connectivity index (χ3n) is 11.4. The Labute approximate surface area is 694 Å². The average molecular weight is 2050 g/mol. The van der Waals surface area contributed by atoms with Crippen molar-refractivity contribution >= 4 is 0 Å². The maximum Gasteiger partial charge on any atom is 2.00 e. The fourth-order valence-corrected chi connectivity index (χ4v) is 5.97. The second-order valence-electron chi connectivity index (χ2n) is 23.3. The van der Waals surface area contributed by atoms with Gasteiger partial charge in [-0.15, -0.1) is 0 Å². The molecule has 600 valence electrons. The number of halogens is 8. The summed E-state index contributed by atoms with van der Waals surface area (Å²) >= 11 is 0. The Kier molecular flexibility index (Phi) is 373. The average Bonchev–Trinajstić information content (AvgIpc) is 3.20. The molecule has 0 rings (SSSR count). The van der Waals surface area contributed by atoms with Crippen LogP contribution in [-0.2, 0) is 156 Å². The molecule has 0 amide bonds. The largest absolute Gasteiger partial charge is 2.00 e. The molecule has 7 unspecified atom stereocenters. The fraction of sp³-hybridized carbons (Fsp3) is 0.789. The van der Waals surface area contributed by atoms with Gasteiger partial charge in [0.15, 0.2) is 0 Å². The van der Waals surface area contributed by atoms with Crippen LogP contribution in [0.2, 0.25) is 0 Å². The van der Waals surface area contributed by atoms with Gasteiger partial charge in [0.2, 0.25) is 0 Å². The van der Waals surface area contributed by atoms with E-state index in [0.717, 1.165) is 70.1 Å². The molecule has 0 fully saturated rings. The van der Waals surface area contributed by atoms with Crippen molar-refractivity contribution in [2.45, 2.75) is 318 Å². The number of alkyl halides is 8. The molecule has 16 heteroatoms. The van der Waals surface area contributed by atoms with Crippen LogP contribution in [0.1, 0.15) is 294 Å². The molecule has 0 nitrogen and oxygen atoms in total. The summed E-state index contributed by atoms with van der Waals surface area (Å²) in [7, 11) is 0. The third kappa shape index (κ3) is 278. The van der Waals surface area contributed by atoms with E-state index in [1.165, 1.54) is 57.8 Å². The van der Waals surface area contributed by atoms with E-state index in [9.17, 15) is 35.1 Å². The van der Waals surface area contributed by atoms with Crippen molar-refractivity contribution in [3.63, 3.8) is 0 Å². The van der Waals surface area contributed by atoms with Gasteiger partial charge in [-0.3, -0.25) is 17.6 Å². The Morgan fingerprint density at radius 3 is 0.696 bits per heavy atom. The normalized spacial score (nSPS) is 10.4. The quantitative estimate of drug-likeness (QED) is 0.0317. The van der Waals surface area contributed by atoms with Crippen molar-refractivity contribution in [3.05, 3.63) is 119 Å². The van der Waals surface area contributed by atoms with Gasteiger partial charge in [-0.2, -0.15) is 0 Å². The minimum atomic E-state index is -0.658. The van der Waals surface area contributed by atoms with Crippen molar-refractivity contribution in [2.24, 2.45) is 46.3 Å². The molecule has 0 spiro atoms. The zero-order chi connectivity index (χ0) is 55.2. The molecular formula is C76H176F8Ru8. The molecule has 0 saturated heterocycles. The summed E-state index contributed by atoms with van der Waals surface area (Å²) in [4.78, 5) is 0. The Bertz CT molecular complexity index is 856. The molecule has 0 aromatic rings. The number of hydrogen-bond donors (Lipinski definition) is 0. The topological polar surface area (TPSA) is 0 Å². The Balaban J connectivity index is -0.0000000144. The number of hydrogen-bond acceptors (Lipinski definition) is 0. The maximum absolute atomic E-state index is 12.5. The Morgan fingerprint density at radius 1 is 0.293 bits per heavy atom. The monoisotopic (exact) mass is 2060 g/mol. The molecule has 0 heterocycles. The van der Waals surface area contributed by atoms with Crippen molar-refractivity contribution in [2.75, 3.05) is 26.7 Å². The van der Waals surface area contributed by atoms with E-state index < -0.39 is 24.7 Å². The zero-order valence-electron chi connectivity index (χ0n) is 69.0. The second-order valence-corrected chi connectivity index (χ2v) is 23.3. The predicted molar refractivity (Wildman–Crippen MR) is 398 cm³/mol. The van der Waals surface area contributed by atoms with Gasteiger partial charge in [-0.05, 0) is 132 Å². The van der Waals surface area contributed by atoms with E-state index >= 15 is 0 Å². The van der Waals surface area contributed by atoms with E-state index in [1.807, 2.05) is 13.8 Å². The van der Waals surface area contributed by atoms with Crippen molar-refractivity contribution in [1.82, 2.24) is 0 Å². The molecule has 0 N–H and O–H groups in total. The molecular weight excluding hydrogens is 1870 g/mol. The van der Waals surface area contributed by atoms with Crippen LogP contribution in [0.3, 0.4) is 0 Å². The van der Waals surface area contributed by atoms with Crippen LogP contribution >= 0.6 is 0 Å². The van der Waals surface area contributed by atoms with Gasteiger partial charge in [0.25, 0.3) is 0 Å². The van der Waals surface area contributed by atoms with Gasteiger partial charge >= 0.3 is 156 Å². The van der Waals surface area contributed by atoms with Crippen LogP contribution in [-0.4, -0.2) is 51.4 Å². The minimum absolute atomic E-state index is 0. The summed E-state index contributed by atoms with van der Waals surface area (Å²) in [5.41, 5.74) is 0.677. The van der Waals surface area contributed by atoms with Crippen LogP contribution in [0.25, 0.3) is 0 Å². The summed E-state index contributed by atoms with van der Waals surface area (Å²) < 4.78 is 94.8. The summed E-state index contributed by atoms with van der Waals surface area (Å²) in [6.45, 7) is 44.4. The van der Waals surface area contributed by atoms with Gasteiger partial charge < -0.3 is 119 Å². The first-order valence-electron chi connectivity index (χ1n) is 28.1. The third-order valence-corrected chi connectivity index (χ3v) is 11.4. The second kappa shape index (κ2) is 162. The fourth-order valence-electron chi connectivity index (χ4n) is 5.97. The molecule has 0 aromatic heterocycles. The predicted octanol–water partition coefficient (Wildman–Crippen LogP) is 31.0. The standard InChI is InChI=1S/2C9H19F.2C8H17F.2C7H15F.2C6H13F.16CH3.8Ru/c1-7(6-8(2)10)9(3,4)5;1-9(2,3)7-5-4-6-8-10;1-6(2)7(3)5-8(4)9;1-8(2)6-4-3-5-7-9;1-4-6(2)5-7(3)8;1-2-3-4-5-6-7-8;1-5(2)4-6(3)7;1-2-3-4-5-6-7;;;;;;;;;;;;;;;;;;;;;;;;/h7-8H,6H2,1-5H3;4-8H2,1-3H3;6-8H,5H2,1-4H3;8H,3-7H2,1-2H3;6-7H,4-5H2,1-3H3;2-7H2,1H3;5-6H,4H2,1-3H3;2-6H2,1H3;16*1H3;;;;;;;;/q;;;;;;;;16*-1;8*+2. The molecule has 0 aliphatic carbocycles. The van der Waals surface area contributed by atoms with Gasteiger partial charge in [-0.1, -0.05) is 208 Å². The van der Waals surface area contributed by atoms with E-state index in [-0.39, 0.29) is 307 Å². The first kappa shape index (κ1) is 212. The van der Waals surface area contributed by atoms with Crippen molar-refractivity contribution < 1.29 is 191 Å². The van der Waals surface area contributed by atoms with Crippen LogP contribution in [0, 0.1) is 165 Å². The summed E-state index contributed by atoms with van der Waals surface area (Å²) in [6.07, 6.45) is 19.6. The van der Waals surface area contributed by atoms with Crippen LogP contribution in [0.15, 0.2) is 0 Å². The molecule has 7 atom stereocenters. The van der Waals surface area contributed by atoms with E-state index in [4.69, 9.17) is 0 Å². The Morgan fingerprint density at radius 2 is 0.543 bits per heavy atom. The summed E-state index contributed by atoms with van der Waals surface area (Å²) in [6, 6.07) is 0. The first-order valence-corrected chi connectivity index (χ1v) is 28.1. The molecule has 0 saturated carbocycles.